The highest BCUT2D eigenvalue weighted by atomic mass is 32.2. The fraction of sp³-hybridized carbons (Fsp3) is 0.450. The van der Waals surface area contributed by atoms with Gasteiger partial charge in [-0.2, -0.15) is 0 Å². The van der Waals surface area contributed by atoms with Gasteiger partial charge in [0.1, 0.15) is 10.8 Å². The second kappa shape index (κ2) is 10.0. The Kier molecular flexibility index (Phi) is 7.43. The largest absolute Gasteiger partial charge is 0.482 e. The quantitative estimate of drug-likeness (QED) is 0.492. The fourth-order valence-corrected chi connectivity index (χ4v) is 4.42. The van der Waals surface area contributed by atoms with Crippen LogP contribution in [0, 0.1) is 13.8 Å². The summed E-state index contributed by atoms with van der Waals surface area (Å²) in [6.07, 6.45) is 0.531. The van der Waals surface area contributed by atoms with Crippen molar-refractivity contribution in [1.82, 2.24) is 25.0 Å². The molecule has 1 aromatic carbocycles. The Morgan fingerprint density at radius 3 is 2.70 bits per heavy atom. The van der Waals surface area contributed by atoms with Gasteiger partial charge in [-0.3, -0.25) is 10.1 Å². The van der Waals surface area contributed by atoms with Gasteiger partial charge in [0.2, 0.25) is 11.0 Å². The van der Waals surface area contributed by atoms with Crippen molar-refractivity contribution >= 4 is 34.1 Å². The number of benzene rings is 1. The third kappa shape index (κ3) is 5.37. The Hall–Kier alpha value is -2.46. The molecule has 0 spiro atoms. The first kappa shape index (κ1) is 22.2. The standard InChI is InChI=1S/C20H26N6O2S2/c1-6-17-22-24-19(30-17)21-16(27)11-29-20-25-23-18(26(20)7-2)14(5)28-15-9-8-12(3)10-13(15)4/h8-10,14H,6-7,11H2,1-5H3,(H,21,24,27). The Labute approximate surface area is 184 Å². The van der Waals surface area contributed by atoms with E-state index in [1.807, 2.05) is 44.4 Å². The van der Waals surface area contributed by atoms with Gasteiger partial charge in [-0.25, -0.2) is 0 Å². The summed E-state index contributed by atoms with van der Waals surface area (Å²) >= 11 is 2.73. The molecule has 0 saturated carbocycles. The molecule has 1 atom stereocenters. The van der Waals surface area contributed by atoms with Crippen molar-refractivity contribution in [2.45, 2.75) is 58.8 Å². The van der Waals surface area contributed by atoms with Crippen LogP contribution in [-0.2, 0) is 17.8 Å². The molecule has 160 valence electrons. The highest BCUT2D eigenvalue weighted by Gasteiger charge is 2.20. The van der Waals surface area contributed by atoms with E-state index in [0.717, 1.165) is 28.6 Å². The molecule has 0 bridgehead atoms. The van der Waals surface area contributed by atoms with Crippen molar-refractivity contribution < 1.29 is 9.53 Å². The molecular formula is C20H26N6O2S2. The number of aromatic nitrogens is 5. The minimum Gasteiger partial charge on any atom is -0.482 e. The number of ether oxygens (including phenoxy) is 1. The SMILES string of the molecule is CCc1nnc(NC(=O)CSc2nnc(C(C)Oc3ccc(C)cc3C)n2CC)s1. The molecule has 10 heteroatoms. The summed E-state index contributed by atoms with van der Waals surface area (Å²) in [6.45, 7) is 10.7. The smallest absolute Gasteiger partial charge is 0.236 e. The summed E-state index contributed by atoms with van der Waals surface area (Å²) in [5.41, 5.74) is 2.28. The number of aryl methyl sites for hydroxylation is 3. The molecule has 8 nitrogen and oxygen atoms in total. The number of amides is 1. The summed E-state index contributed by atoms with van der Waals surface area (Å²) < 4.78 is 8.11. The molecule has 3 rings (SSSR count). The van der Waals surface area contributed by atoms with Crippen molar-refractivity contribution in [3.63, 3.8) is 0 Å². The first-order chi connectivity index (χ1) is 14.4. The molecule has 0 aliphatic heterocycles. The molecule has 3 aromatic rings. The number of nitrogens with one attached hydrogen (secondary N) is 1. The van der Waals surface area contributed by atoms with E-state index in [1.165, 1.54) is 28.7 Å². The number of carbonyl (C=O) groups excluding carboxylic acids is 1. The normalized spacial score (nSPS) is 12.0. The molecule has 2 aromatic heterocycles. The Bertz CT molecular complexity index is 1020. The van der Waals surface area contributed by atoms with E-state index in [-0.39, 0.29) is 17.8 Å². The van der Waals surface area contributed by atoms with Crippen molar-refractivity contribution in [2.24, 2.45) is 0 Å². The molecule has 1 unspecified atom stereocenters. The van der Waals surface area contributed by atoms with E-state index < -0.39 is 0 Å². The van der Waals surface area contributed by atoms with Crippen LogP contribution in [0.4, 0.5) is 5.13 Å². The number of nitrogens with zero attached hydrogens (tertiary/aromatic N) is 5. The minimum absolute atomic E-state index is 0.148. The topological polar surface area (TPSA) is 94.8 Å². The van der Waals surface area contributed by atoms with Crippen molar-refractivity contribution in [1.29, 1.82) is 0 Å². The summed E-state index contributed by atoms with van der Waals surface area (Å²) in [5.74, 6) is 1.63. The van der Waals surface area contributed by atoms with E-state index in [9.17, 15) is 4.79 Å². The van der Waals surface area contributed by atoms with Crippen LogP contribution in [0.25, 0.3) is 0 Å². The van der Waals surface area contributed by atoms with E-state index in [4.69, 9.17) is 4.74 Å². The maximum absolute atomic E-state index is 12.3. The third-order valence-corrected chi connectivity index (χ3v) is 6.36. The van der Waals surface area contributed by atoms with Gasteiger partial charge < -0.3 is 9.30 Å². The first-order valence-corrected chi connectivity index (χ1v) is 11.6. The summed E-state index contributed by atoms with van der Waals surface area (Å²) in [4.78, 5) is 12.3. The van der Waals surface area contributed by atoms with Gasteiger partial charge in [-0.05, 0) is 45.7 Å². The first-order valence-electron chi connectivity index (χ1n) is 9.83. The average Bonchev–Trinajstić information content (AvgIpc) is 3.34. The number of thioether (sulfide) groups is 1. The molecule has 0 saturated heterocycles. The lowest BCUT2D eigenvalue weighted by molar-refractivity contribution is -0.113. The van der Waals surface area contributed by atoms with Crippen LogP contribution in [0.5, 0.6) is 5.75 Å². The second-order valence-electron chi connectivity index (χ2n) is 6.81. The van der Waals surface area contributed by atoms with Crippen LogP contribution in [0.2, 0.25) is 0 Å². The van der Waals surface area contributed by atoms with E-state index in [2.05, 4.69) is 38.7 Å². The van der Waals surface area contributed by atoms with Crippen LogP contribution in [0.15, 0.2) is 23.4 Å². The second-order valence-corrected chi connectivity index (χ2v) is 8.81. The van der Waals surface area contributed by atoms with E-state index >= 15 is 0 Å². The molecule has 0 radical (unpaired) electrons. The summed E-state index contributed by atoms with van der Waals surface area (Å²) in [7, 11) is 0. The van der Waals surface area contributed by atoms with Crippen LogP contribution in [0.1, 0.15) is 48.8 Å². The van der Waals surface area contributed by atoms with Crippen molar-refractivity contribution in [3.8, 4) is 5.75 Å². The number of hydrogen-bond acceptors (Lipinski definition) is 8. The number of hydrogen-bond donors (Lipinski definition) is 1. The number of carbonyl (C=O) groups is 1. The van der Waals surface area contributed by atoms with Gasteiger partial charge in [-0.15, -0.1) is 20.4 Å². The van der Waals surface area contributed by atoms with E-state index in [1.54, 1.807) is 0 Å². The molecule has 1 N–H and O–H groups in total. The summed E-state index contributed by atoms with van der Waals surface area (Å²) in [5, 5.41) is 21.5. The molecule has 0 aliphatic rings. The Morgan fingerprint density at radius 1 is 1.23 bits per heavy atom. The van der Waals surface area contributed by atoms with Crippen molar-refractivity contribution in [2.75, 3.05) is 11.1 Å². The Balaban J connectivity index is 1.63. The molecule has 30 heavy (non-hydrogen) atoms. The zero-order valence-electron chi connectivity index (χ0n) is 17.8. The van der Waals surface area contributed by atoms with Crippen LogP contribution >= 0.6 is 23.1 Å². The lowest BCUT2D eigenvalue weighted by atomic mass is 10.1. The average molecular weight is 447 g/mol. The third-order valence-electron chi connectivity index (χ3n) is 4.41. The van der Waals surface area contributed by atoms with Crippen molar-refractivity contribution in [3.05, 3.63) is 40.2 Å². The lowest BCUT2D eigenvalue weighted by Crippen LogP contribution is -2.15. The lowest BCUT2D eigenvalue weighted by Gasteiger charge is -2.17. The maximum atomic E-state index is 12.3. The number of anilines is 1. The van der Waals surface area contributed by atoms with Crippen LogP contribution < -0.4 is 10.1 Å². The van der Waals surface area contributed by atoms with Gasteiger partial charge in [0.15, 0.2) is 17.1 Å². The molecule has 0 aliphatic carbocycles. The fourth-order valence-electron chi connectivity index (χ4n) is 2.91. The predicted octanol–water partition coefficient (Wildman–Crippen LogP) is 4.20. The minimum atomic E-state index is -0.268. The Morgan fingerprint density at radius 2 is 2.03 bits per heavy atom. The van der Waals surface area contributed by atoms with Gasteiger partial charge in [0.25, 0.3) is 0 Å². The molecule has 2 heterocycles. The van der Waals surface area contributed by atoms with Gasteiger partial charge in [0, 0.05) is 6.54 Å². The molecule has 0 fully saturated rings. The maximum Gasteiger partial charge on any atom is 0.236 e. The highest BCUT2D eigenvalue weighted by molar-refractivity contribution is 7.99. The van der Waals surface area contributed by atoms with Crippen LogP contribution in [0.3, 0.4) is 0 Å². The van der Waals surface area contributed by atoms with Crippen LogP contribution in [-0.4, -0.2) is 36.6 Å². The molecule has 1 amide bonds. The summed E-state index contributed by atoms with van der Waals surface area (Å²) in [6, 6.07) is 6.10. The van der Waals surface area contributed by atoms with Gasteiger partial charge >= 0.3 is 0 Å². The monoisotopic (exact) mass is 446 g/mol. The molecular weight excluding hydrogens is 420 g/mol. The zero-order valence-corrected chi connectivity index (χ0v) is 19.4. The number of rotatable bonds is 9. The van der Waals surface area contributed by atoms with E-state index in [0.29, 0.717) is 16.8 Å². The predicted molar refractivity (Wildman–Crippen MR) is 119 cm³/mol. The van der Waals surface area contributed by atoms with Gasteiger partial charge in [0.05, 0.1) is 5.75 Å². The zero-order chi connectivity index (χ0) is 21.7. The van der Waals surface area contributed by atoms with Gasteiger partial charge in [-0.1, -0.05) is 47.7 Å². The highest BCUT2D eigenvalue weighted by Crippen LogP contribution is 2.27.